The minimum absolute atomic E-state index is 0.260. The van der Waals surface area contributed by atoms with E-state index in [0.717, 1.165) is 27.4 Å². The molecule has 0 radical (unpaired) electrons. The van der Waals surface area contributed by atoms with Gasteiger partial charge in [-0.1, -0.05) is 12.1 Å². The van der Waals surface area contributed by atoms with Crippen LogP contribution in [0.3, 0.4) is 0 Å². The maximum Gasteiger partial charge on any atom is 0.410 e. The molecule has 0 saturated heterocycles. The zero-order valence-electron chi connectivity index (χ0n) is 14.5. The Labute approximate surface area is 145 Å². The highest BCUT2D eigenvalue weighted by atomic mass is 32.1. The number of carbonyl (C=O) groups is 1. The molecule has 6 heteroatoms. The number of ether oxygens (including phenoxy) is 2. The first-order chi connectivity index (χ1) is 11.4. The molecule has 0 N–H and O–H groups in total. The van der Waals surface area contributed by atoms with Crippen molar-refractivity contribution in [3.63, 3.8) is 0 Å². The van der Waals surface area contributed by atoms with E-state index in [1.807, 2.05) is 32.9 Å². The van der Waals surface area contributed by atoms with Gasteiger partial charge in [0, 0.05) is 13.1 Å². The van der Waals surface area contributed by atoms with Crippen molar-refractivity contribution in [1.29, 1.82) is 0 Å². The quantitative estimate of drug-likeness (QED) is 0.812. The summed E-state index contributed by atoms with van der Waals surface area (Å²) < 4.78 is 11.9. The van der Waals surface area contributed by atoms with Crippen LogP contribution in [0, 0.1) is 0 Å². The normalized spacial score (nSPS) is 15.3. The van der Waals surface area contributed by atoms with E-state index in [1.165, 1.54) is 5.57 Å². The molecular formula is C18H22N2O3S. The number of aromatic nitrogens is 1. The zero-order valence-corrected chi connectivity index (χ0v) is 15.3. The van der Waals surface area contributed by atoms with Gasteiger partial charge in [0.1, 0.15) is 21.9 Å². The van der Waals surface area contributed by atoms with Crippen molar-refractivity contribution in [2.45, 2.75) is 32.8 Å². The molecule has 1 aliphatic rings. The summed E-state index contributed by atoms with van der Waals surface area (Å²) in [5, 5.41) is 0.998. The number of hydrogen-bond donors (Lipinski definition) is 0. The van der Waals surface area contributed by atoms with Gasteiger partial charge in [-0.2, -0.15) is 0 Å². The fourth-order valence-corrected chi connectivity index (χ4v) is 3.63. The standard InChI is InChI=1S/C18H22N2O3S/c1-18(2,3)23-17(21)20-10-8-12(9-11-20)16-19-15-13(22-4)6-5-7-14(15)24-16/h5-8H,9-11H2,1-4H3. The average Bonchev–Trinajstić information content (AvgIpc) is 2.97. The minimum atomic E-state index is -0.468. The first kappa shape index (κ1) is 16.8. The van der Waals surface area contributed by atoms with Crippen molar-refractivity contribution in [2.75, 3.05) is 20.2 Å². The maximum absolute atomic E-state index is 12.1. The number of fused-ring (bicyclic) bond motifs is 1. The van der Waals surface area contributed by atoms with Gasteiger partial charge >= 0.3 is 6.09 Å². The Hall–Kier alpha value is -2.08. The van der Waals surface area contributed by atoms with Crippen LogP contribution >= 0.6 is 11.3 Å². The number of amides is 1. The molecule has 0 bridgehead atoms. The second kappa shape index (κ2) is 6.43. The number of benzene rings is 1. The Bertz CT molecular complexity index is 789. The van der Waals surface area contributed by atoms with Crippen LogP contribution in [0.25, 0.3) is 15.8 Å². The van der Waals surface area contributed by atoms with Gasteiger partial charge in [-0.3, -0.25) is 0 Å². The van der Waals surface area contributed by atoms with Crippen molar-refractivity contribution < 1.29 is 14.3 Å². The van der Waals surface area contributed by atoms with Gasteiger partial charge in [0.2, 0.25) is 0 Å². The van der Waals surface area contributed by atoms with Crippen LogP contribution in [0.4, 0.5) is 4.79 Å². The van der Waals surface area contributed by atoms with Gasteiger partial charge in [0.05, 0.1) is 11.8 Å². The van der Waals surface area contributed by atoms with E-state index in [-0.39, 0.29) is 6.09 Å². The predicted octanol–water partition coefficient (Wildman–Crippen LogP) is 4.33. The van der Waals surface area contributed by atoms with Crippen LogP contribution in [0.1, 0.15) is 32.2 Å². The van der Waals surface area contributed by atoms with Gasteiger partial charge in [0.25, 0.3) is 0 Å². The van der Waals surface area contributed by atoms with Crippen LogP contribution in [-0.4, -0.2) is 41.8 Å². The topological polar surface area (TPSA) is 51.7 Å². The molecule has 3 rings (SSSR count). The largest absolute Gasteiger partial charge is 0.494 e. The van der Waals surface area contributed by atoms with Gasteiger partial charge in [-0.15, -0.1) is 11.3 Å². The van der Waals surface area contributed by atoms with Crippen LogP contribution in [0.5, 0.6) is 5.75 Å². The Balaban J connectivity index is 1.77. The molecule has 0 atom stereocenters. The highest BCUT2D eigenvalue weighted by Gasteiger charge is 2.24. The Kier molecular flexibility index (Phi) is 4.49. The highest BCUT2D eigenvalue weighted by Crippen LogP contribution is 2.34. The van der Waals surface area contributed by atoms with E-state index < -0.39 is 5.60 Å². The summed E-state index contributed by atoms with van der Waals surface area (Å²) in [6, 6.07) is 5.95. The molecule has 1 aromatic carbocycles. The third kappa shape index (κ3) is 3.53. The summed E-state index contributed by atoms with van der Waals surface area (Å²) in [6.07, 6.45) is 2.59. The van der Waals surface area contributed by atoms with Gasteiger partial charge < -0.3 is 14.4 Å². The first-order valence-electron chi connectivity index (χ1n) is 7.98. The average molecular weight is 346 g/mol. The molecule has 1 aromatic heterocycles. The number of hydrogen-bond acceptors (Lipinski definition) is 5. The van der Waals surface area contributed by atoms with Crippen LogP contribution in [0.15, 0.2) is 24.3 Å². The number of methoxy groups -OCH3 is 1. The number of rotatable bonds is 2. The van der Waals surface area contributed by atoms with Crippen LogP contribution < -0.4 is 4.74 Å². The third-order valence-corrected chi connectivity index (χ3v) is 4.83. The lowest BCUT2D eigenvalue weighted by Crippen LogP contribution is -2.39. The summed E-state index contributed by atoms with van der Waals surface area (Å²) in [7, 11) is 1.66. The number of carbonyl (C=O) groups excluding carboxylic acids is 1. The minimum Gasteiger partial charge on any atom is -0.494 e. The summed E-state index contributed by atoms with van der Waals surface area (Å²) in [5.41, 5.74) is 1.61. The van der Waals surface area contributed by atoms with Gasteiger partial charge in [0.15, 0.2) is 0 Å². The molecule has 2 heterocycles. The monoisotopic (exact) mass is 346 g/mol. The predicted molar refractivity (Wildman–Crippen MR) is 96.6 cm³/mol. The smallest absolute Gasteiger partial charge is 0.410 e. The third-order valence-electron chi connectivity index (χ3n) is 3.74. The lowest BCUT2D eigenvalue weighted by Gasteiger charge is -2.29. The van der Waals surface area contributed by atoms with Crippen molar-refractivity contribution in [2.24, 2.45) is 0 Å². The van der Waals surface area contributed by atoms with Crippen molar-refractivity contribution >= 4 is 33.2 Å². The van der Waals surface area contributed by atoms with E-state index >= 15 is 0 Å². The Morgan fingerprint density at radius 1 is 1.33 bits per heavy atom. The van der Waals surface area contributed by atoms with Gasteiger partial charge in [-0.05, 0) is 44.9 Å². The molecule has 0 fully saturated rings. The molecule has 24 heavy (non-hydrogen) atoms. The summed E-state index contributed by atoms with van der Waals surface area (Å²) >= 11 is 1.66. The lowest BCUT2D eigenvalue weighted by atomic mass is 10.1. The second-order valence-corrected chi connectivity index (χ2v) is 7.76. The van der Waals surface area contributed by atoms with Crippen molar-refractivity contribution in [3.8, 4) is 5.75 Å². The van der Waals surface area contributed by atoms with Crippen LogP contribution in [0.2, 0.25) is 0 Å². The molecular weight excluding hydrogens is 324 g/mol. The fourth-order valence-electron chi connectivity index (χ4n) is 2.58. The lowest BCUT2D eigenvalue weighted by molar-refractivity contribution is 0.0270. The Morgan fingerprint density at radius 2 is 2.12 bits per heavy atom. The molecule has 0 aliphatic carbocycles. The van der Waals surface area contributed by atoms with E-state index in [0.29, 0.717) is 13.1 Å². The number of thiazole rings is 1. The summed E-state index contributed by atoms with van der Waals surface area (Å²) in [6.45, 7) is 6.84. The molecule has 1 amide bonds. The Morgan fingerprint density at radius 3 is 2.75 bits per heavy atom. The van der Waals surface area contributed by atoms with Crippen molar-refractivity contribution in [1.82, 2.24) is 9.88 Å². The highest BCUT2D eigenvalue weighted by molar-refractivity contribution is 7.19. The first-order valence-corrected chi connectivity index (χ1v) is 8.80. The SMILES string of the molecule is COc1cccc2sc(C3=CCN(C(=O)OC(C)(C)C)CC3)nc12. The second-order valence-electron chi connectivity index (χ2n) is 6.73. The van der Waals surface area contributed by atoms with E-state index in [2.05, 4.69) is 12.1 Å². The molecule has 0 unspecified atom stereocenters. The fraction of sp³-hybridized carbons (Fsp3) is 0.444. The van der Waals surface area contributed by atoms with Crippen LogP contribution in [-0.2, 0) is 4.74 Å². The summed E-state index contributed by atoms with van der Waals surface area (Å²) in [4.78, 5) is 18.6. The zero-order chi connectivity index (χ0) is 17.3. The number of para-hydroxylation sites is 1. The summed E-state index contributed by atoms with van der Waals surface area (Å²) in [5.74, 6) is 0.793. The van der Waals surface area contributed by atoms with E-state index in [9.17, 15) is 4.79 Å². The molecule has 1 aliphatic heterocycles. The van der Waals surface area contributed by atoms with Crippen molar-refractivity contribution in [3.05, 3.63) is 29.3 Å². The van der Waals surface area contributed by atoms with E-state index in [1.54, 1.807) is 23.3 Å². The molecule has 128 valence electrons. The molecule has 5 nitrogen and oxygen atoms in total. The molecule has 0 spiro atoms. The molecule has 0 saturated carbocycles. The van der Waals surface area contributed by atoms with Gasteiger partial charge in [-0.25, -0.2) is 9.78 Å². The number of nitrogens with zero attached hydrogens (tertiary/aromatic N) is 2. The molecule has 2 aromatic rings. The van der Waals surface area contributed by atoms with E-state index in [4.69, 9.17) is 14.5 Å². The maximum atomic E-state index is 12.1.